The predicted octanol–water partition coefficient (Wildman–Crippen LogP) is 5.75. The molecule has 1 heterocycles. The number of nitrogens with zero attached hydrogens (tertiary/aromatic N) is 1. The first-order valence-corrected chi connectivity index (χ1v) is 10.8. The molecule has 2 atom stereocenters. The Kier molecular flexibility index (Phi) is 6.77. The van der Waals surface area contributed by atoms with Gasteiger partial charge in [0.25, 0.3) is 0 Å². The number of carbonyl (C=O) groups is 1. The molecular formula is C21H26ClNO3S. The highest BCUT2D eigenvalue weighted by atomic mass is 35.5. The standard InChI is InChI=1S/C21H26ClNO3S/c1-3-15-12-23(16-7-5-4-6-8-16)18-10-17(22)19(11-20(18)27-13-15)26-14(2)9-21(24)25/h4-5,7,10-11,14-15H,3,6,8-9,12-13H2,1-2H3,(H,24,25). The fourth-order valence-electron chi connectivity index (χ4n) is 3.40. The smallest absolute Gasteiger partial charge is 0.307 e. The van der Waals surface area contributed by atoms with Gasteiger partial charge >= 0.3 is 5.97 Å². The summed E-state index contributed by atoms with van der Waals surface area (Å²) in [5, 5.41) is 9.49. The molecule has 1 aliphatic heterocycles. The van der Waals surface area contributed by atoms with Gasteiger partial charge in [0.1, 0.15) is 11.9 Å². The Balaban J connectivity index is 1.93. The van der Waals surface area contributed by atoms with Crippen molar-refractivity contribution in [3.05, 3.63) is 41.1 Å². The van der Waals surface area contributed by atoms with Gasteiger partial charge in [0.2, 0.25) is 0 Å². The number of carboxylic acids is 1. The lowest BCUT2D eigenvalue weighted by Crippen LogP contribution is -2.29. The summed E-state index contributed by atoms with van der Waals surface area (Å²) in [6, 6.07) is 3.95. The summed E-state index contributed by atoms with van der Waals surface area (Å²) in [6.07, 6.45) is 9.26. The van der Waals surface area contributed by atoms with Crippen molar-refractivity contribution >= 4 is 35.0 Å². The summed E-state index contributed by atoms with van der Waals surface area (Å²) in [5.41, 5.74) is 2.45. The van der Waals surface area contributed by atoms with Crippen molar-refractivity contribution in [2.24, 2.45) is 5.92 Å². The Labute approximate surface area is 170 Å². The zero-order valence-electron chi connectivity index (χ0n) is 15.8. The number of fused-ring (bicyclic) bond motifs is 1. The number of rotatable bonds is 6. The van der Waals surface area contributed by atoms with Crippen LogP contribution >= 0.6 is 23.4 Å². The van der Waals surface area contributed by atoms with E-state index in [-0.39, 0.29) is 6.42 Å². The lowest BCUT2D eigenvalue weighted by atomic mass is 10.0. The molecule has 0 saturated carbocycles. The third-order valence-electron chi connectivity index (χ3n) is 4.93. The van der Waals surface area contributed by atoms with E-state index in [1.54, 1.807) is 6.92 Å². The molecule has 2 aliphatic rings. The molecule has 4 nitrogen and oxygen atoms in total. The molecule has 0 amide bonds. The van der Waals surface area contributed by atoms with Crippen LogP contribution in [0.2, 0.25) is 5.02 Å². The van der Waals surface area contributed by atoms with Gasteiger partial charge in [-0.3, -0.25) is 4.79 Å². The Morgan fingerprint density at radius 2 is 2.30 bits per heavy atom. The number of benzene rings is 1. The summed E-state index contributed by atoms with van der Waals surface area (Å²) in [7, 11) is 0. The zero-order chi connectivity index (χ0) is 19.4. The van der Waals surface area contributed by atoms with Crippen LogP contribution in [-0.2, 0) is 4.79 Å². The molecule has 1 aromatic carbocycles. The van der Waals surface area contributed by atoms with Gasteiger partial charge in [-0.25, -0.2) is 0 Å². The van der Waals surface area contributed by atoms with Gasteiger partial charge in [-0.2, -0.15) is 0 Å². The van der Waals surface area contributed by atoms with Crippen LogP contribution in [0.25, 0.3) is 0 Å². The molecular weight excluding hydrogens is 382 g/mol. The molecule has 6 heteroatoms. The van der Waals surface area contributed by atoms with Gasteiger partial charge in [0, 0.05) is 22.9 Å². The van der Waals surface area contributed by atoms with Crippen LogP contribution in [0, 0.1) is 5.92 Å². The van der Waals surface area contributed by atoms with Crippen molar-refractivity contribution in [2.45, 2.75) is 50.5 Å². The van der Waals surface area contributed by atoms with Crippen molar-refractivity contribution < 1.29 is 14.6 Å². The fourth-order valence-corrected chi connectivity index (χ4v) is 4.86. The number of thioether (sulfide) groups is 1. The molecule has 2 unspecified atom stereocenters. The molecule has 27 heavy (non-hydrogen) atoms. The number of anilines is 1. The first-order valence-electron chi connectivity index (χ1n) is 9.46. The summed E-state index contributed by atoms with van der Waals surface area (Å²) in [4.78, 5) is 14.5. The van der Waals surface area contributed by atoms with E-state index in [9.17, 15) is 4.79 Å². The van der Waals surface area contributed by atoms with Gasteiger partial charge in [0.05, 0.1) is 17.1 Å². The summed E-state index contributed by atoms with van der Waals surface area (Å²) < 4.78 is 5.83. The van der Waals surface area contributed by atoms with Crippen LogP contribution in [0.3, 0.4) is 0 Å². The number of allylic oxidation sites excluding steroid dienone is 4. The van der Waals surface area contributed by atoms with Crippen molar-refractivity contribution in [2.75, 3.05) is 17.2 Å². The number of aliphatic carboxylic acids is 1. The molecule has 0 saturated heterocycles. The molecule has 0 fully saturated rings. The maximum absolute atomic E-state index is 10.9. The maximum Gasteiger partial charge on any atom is 0.307 e. The van der Waals surface area contributed by atoms with Crippen molar-refractivity contribution in [3.63, 3.8) is 0 Å². The van der Waals surface area contributed by atoms with E-state index in [2.05, 4.69) is 30.1 Å². The number of halogens is 1. The topological polar surface area (TPSA) is 49.8 Å². The van der Waals surface area contributed by atoms with E-state index in [0.29, 0.717) is 16.7 Å². The van der Waals surface area contributed by atoms with E-state index in [1.165, 1.54) is 5.70 Å². The number of hydrogen-bond donors (Lipinski definition) is 1. The molecule has 0 radical (unpaired) electrons. The molecule has 3 rings (SSSR count). The quantitative estimate of drug-likeness (QED) is 0.650. The van der Waals surface area contributed by atoms with Crippen LogP contribution < -0.4 is 9.64 Å². The Bertz CT molecular complexity index is 762. The minimum absolute atomic E-state index is 0.0518. The van der Waals surface area contributed by atoms with Gasteiger partial charge in [-0.15, -0.1) is 11.8 Å². The molecule has 146 valence electrons. The van der Waals surface area contributed by atoms with Gasteiger partial charge in [0.15, 0.2) is 0 Å². The molecule has 1 N–H and O–H groups in total. The van der Waals surface area contributed by atoms with E-state index < -0.39 is 12.1 Å². The normalized spacial score (nSPS) is 20.5. The Morgan fingerprint density at radius 1 is 1.48 bits per heavy atom. The third-order valence-corrected chi connectivity index (χ3v) is 6.50. The van der Waals surface area contributed by atoms with Gasteiger partial charge in [-0.1, -0.05) is 37.1 Å². The van der Waals surface area contributed by atoms with Crippen molar-refractivity contribution in [1.82, 2.24) is 0 Å². The first kappa shape index (κ1) is 20.2. The van der Waals surface area contributed by atoms with E-state index in [1.807, 2.05) is 23.9 Å². The number of ether oxygens (including phenoxy) is 1. The van der Waals surface area contributed by atoms with Crippen molar-refractivity contribution in [1.29, 1.82) is 0 Å². The molecule has 0 spiro atoms. The minimum atomic E-state index is -0.878. The monoisotopic (exact) mass is 407 g/mol. The lowest BCUT2D eigenvalue weighted by molar-refractivity contribution is -0.138. The second-order valence-corrected chi connectivity index (χ2v) is 8.57. The summed E-state index contributed by atoms with van der Waals surface area (Å²) >= 11 is 8.36. The SMILES string of the molecule is CCC1CSc2cc(OC(C)CC(=O)O)c(Cl)cc2N(C2=CC=CCC2)C1. The zero-order valence-corrected chi connectivity index (χ0v) is 17.4. The summed E-state index contributed by atoms with van der Waals surface area (Å²) in [6.45, 7) is 4.98. The van der Waals surface area contributed by atoms with Crippen molar-refractivity contribution in [3.8, 4) is 5.75 Å². The molecule has 1 aromatic rings. The third kappa shape index (κ3) is 5.02. The van der Waals surface area contributed by atoms with Crippen LogP contribution in [-0.4, -0.2) is 29.5 Å². The van der Waals surface area contributed by atoms with Crippen LogP contribution in [0.15, 0.2) is 41.0 Å². The second kappa shape index (κ2) is 9.07. The maximum atomic E-state index is 10.9. The predicted molar refractivity (Wildman–Crippen MR) is 112 cm³/mol. The highest BCUT2D eigenvalue weighted by molar-refractivity contribution is 7.99. The molecule has 0 aromatic heterocycles. The largest absolute Gasteiger partial charge is 0.489 e. The lowest BCUT2D eigenvalue weighted by Gasteiger charge is -2.31. The second-order valence-electron chi connectivity index (χ2n) is 7.10. The van der Waals surface area contributed by atoms with Crippen LogP contribution in [0.5, 0.6) is 5.75 Å². The Hall–Kier alpha value is -1.59. The fraction of sp³-hybridized carbons (Fsp3) is 0.476. The van der Waals surface area contributed by atoms with Crippen LogP contribution in [0.4, 0.5) is 5.69 Å². The van der Waals surface area contributed by atoms with E-state index in [4.69, 9.17) is 21.4 Å². The first-order chi connectivity index (χ1) is 13.0. The summed E-state index contributed by atoms with van der Waals surface area (Å²) in [5.74, 6) is 1.33. The number of carboxylic acid groups (broad SMARTS) is 1. The Morgan fingerprint density at radius 3 is 2.96 bits per heavy atom. The van der Waals surface area contributed by atoms with Crippen LogP contribution in [0.1, 0.15) is 39.5 Å². The van der Waals surface area contributed by atoms with Gasteiger partial charge in [-0.05, 0) is 43.9 Å². The average Bonchev–Trinajstić information content (AvgIpc) is 2.81. The molecule has 1 aliphatic carbocycles. The van der Waals surface area contributed by atoms with E-state index >= 15 is 0 Å². The van der Waals surface area contributed by atoms with E-state index in [0.717, 1.165) is 42.1 Å². The number of hydrogen-bond acceptors (Lipinski definition) is 4. The highest BCUT2D eigenvalue weighted by Gasteiger charge is 2.26. The minimum Gasteiger partial charge on any atom is -0.489 e. The highest BCUT2D eigenvalue weighted by Crippen LogP contribution is 2.44. The average molecular weight is 408 g/mol. The van der Waals surface area contributed by atoms with Gasteiger partial charge < -0.3 is 14.7 Å². The molecule has 0 bridgehead atoms.